The molecule has 7 nitrogen and oxygen atoms in total. The molecule has 1 aliphatic heterocycles. The first-order chi connectivity index (χ1) is 13.1. The number of hydrogen-bond donors (Lipinski definition) is 3. The van der Waals surface area contributed by atoms with E-state index in [4.69, 9.17) is 10.5 Å². The molecule has 1 aromatic heterocycles. The molecule has 2 aromatic carbocycles. The number of rotatable bonds is 6. The van der Waals surface area contributed by atoms with Crippen LogP contribution in [0.2, 0.25) is 0 Å². The van der Waals surface area contributed by atoms with Crippen molar-refractivity contribution >= 4 is 11.6 Å². The summed E-state index contributed by atoms with van der Waals surface area (Å²) in [6.45, 7) is 0.483. The number of benzene rings is 2. The van der Waals surface area contributed by atoms with Crippen molar-refractivity contribution < 1.29 is 14.6 Å². The third-order valence-electron chi connectivity index (χ3n) is 4.55. The molecule has 0 fully saturated rings. The zero-order chi connectivity index (χ0) is 18.8. The summed E-state index contributed by atoms with van der Waals surface area (Å²) < 4.78 is 7.23. The Morgan fingerprint density at radius 2 is 2.04 bits per heavy atom. The van der Waals surface area contributed by atoms with Gasteiger partial charge < -0.3 is 25.5 Å². The summed E-state index contributed by atoms with van der Waals surface area (Å²) in [7, 11) is 0. The van der Waals surface area contributed by atoms with Crippen LogP contribution in [0.15, 0.2) is 54.9 Å². The summed E-state index contributed by atoms with van der Waals surface area (Å²) in [5.74, 6) is 0.197. The number of nitrogens with zero attached hydrogens (tertiary/aromatic N) is 2. The van der Waals surface area contributed by atoms with Crippen molar-refractivity contribution in [3.63, 3.8) is 0 Å². The molecule has 0 aliphatic carbocycles. The molecule has 2 heterocycles. The number of carbonyl (C=O) groups excluding carboxylic acids is 1. The van der Waals surface area contributed by atoms with E-state index in [1.54, 1.807) is 12.4 Å². The highest BCUT2D eigenvalue weighted by Crippen LogP contribution is 2.35. The van der Waals surface area contributed by atoms with Gasteiger partial charge in [-0.3, -0.25) is 4.79 Å². The zero-order valence-corrected chi connectivity index (χ0v) is 14.6. The number of amides is 1. The lowest BCUT2D eigenvalue weighted by Crippen LogP contribution is -2.19. The fourth-order valence-electron chi connectivity index (χ4n) is 3.32. The molecule has 1 atom stereocenters. The Balaban J connectivity index is 1.65. The molecule has 0 radical (unpaired) electrons. The Morgan fingerprint density at radius 3 is 2.81 bits per heavy atom. The SMILES string of the molecule is NC(=O)Cc1c(Cc2ccccc2)ncn1Cc1cccc2c1NC(O)O2. The van der Waals surface area contributed by atoms with Crippen LogP contribution in [-0.4, -0.2) is 27.0 Å². The number of hydrogen-bond acceptors (Lipinski definition) is 5. The molecular weight excluding hydrogens is 344 g/mol. The molecule has 1 unspecified atom stereocenters. The smallest absolute Gasteiger partial charge is 0.279 e. The first-order valence-electron chi connectivity index (χ1n) is 8.68. The van der Waals surface area contributed by atoms with Crippen molar-refractivity contribution in [2.75, 3.05) is 5.32 Å². The summed E-state index contributed by atoms with van der Waals surface area (Å²) in [4.78, 5) is 16.1. The van der Waals surface area contributed by atoms with Crippen LogP contribution in [0.3, 0.4) is 0 Å². The van der Waals surface area contributed by atoms with Gasteiger partial charge >= 0.3 is 0 Å². The fraction of sp³-hybridized carbons (Fsp3) is 0.200. The van der Waals surface area contributed by atoms with Gasteiger partial charge in [0.25, 0.3) is 6.41 Å². The summed E-state index contributed by atoms with van der Waals surface area (Å²) in [5, 5.41) is 12.6. The van der Waals surface area contributed by atoms with Crippen LogP contribution in [0.4, 0.5) is 5.69 Å². The van der Waals surface area contributed by atoms with Crippen LogP contribution < -0.4 is 15.8 Å². The predicted molar refractivity (Wildman–Crippen MR) is 100 cm³/mol. The van der Waals surface area contributed by atoms with Crippen LogP contribution in [0.5, 0.6) is 5.75 Å². The molecule has 4 rings (SSSR count). The number of nitrogens with two attached hydrogens (primary N) is 1. The first-order valence-corrected chi connectivity index (χ1v) is 8.68. The molecule has 4 N–H and O–H groups in total. The van der Waals surface area contributed by atoms with Gasteiger partial charge in [-0.1, -0.05) is 42.5 Å². The second kappa shape index (κ2) is 7.13. The van der Waals surface area contributed by atoms with E-state index in [0.29, 0.717) is 18.7 Å². The quantitative estimate of drug-likeness (QED) is 0.617. The number of anilines is 1. The lowest BCUT2D eigenvalue weighted by molar-refractivity contribution is -0.117. The van der Waals surface area contributed by atoms with E-state index in [1.165, 1.54) is 0 Å². The number of aliphatic hydroxyl groups is 1. The van der Waals surface area contributed by atoms with Gasteiger partial charge in [0.2, 0.25) is 5.91 Å². The molecule has 3 aromatic rings. The topological polar surface area (TPSA) is 102 Å². The molecule has 27 heavy (non-hydrogen) atoms. The molecule has 138 valence electrons. The number of carbonyl (C=O) groups is 1. The van der Waals surface area contributed by atoms with Crippen molar-refractivity contribution in [3.05, 3.63) is 77.4 Å². The van der Waals surface area contributed by atoms with E-state index in [0.717, 1.165) is 28.2 Å². The molecule has 7 heteroatoms. The number of nitrogens with one attached hydrogen (secondary N) is 1. The van der Waals surface area contributed by atoms with Crippen LogP contribution in [0.1, 0.15) is 22.5 Å². The third-order valence-corrected chi connectivity index (χ3v) is 4.55. The van der Waals surface area contributed by atoms with Gasteiger partial charge in [-0.2, -0.15) is 0 Å². The first kappa shape index (κ1) is 17.1. The standard InChI is InChI=1S/C20H20N4O3/c21-18(25)10-16-15(9-13-5-2-1-3-6-13)22-12-24(16)11-14-7-4-8-17-19(14)23-20(26)27-17/h1-8,12,20,23,26H,9-11H2,(H2,21,25). The van der Waals surface area contributed by atoms with Crippen LogP contribution in [-0.2, 0) is 24.2 Å². The molecule has 1 aliphatic rings. The van der Waals surface area contributed by atoms with Crippen molar-refractivity contribution in [3.8, 4) is 5.75 Å². The van der Waals surface area contributed by atoms with Crippen LogP contribution in [0, 0.1) is 0 Å². The molecule has 0 spiro atoms. The van der Waals surface area contributed by atoms with Crippen molar-refractivity contribution in [2.24, 2.45) is 5.73 Å². The number of aliphatic hydroxyl groups excluding tert-OH is 1. The average molecular weight is 364 g/mol. The summed E-state index contributed by atoms with van der Waals surface area (Å²) >= 11 is 0. The number of primary amides is 1. The number of para-hydroxylation sites is 1. The molecule has 0 saturated heterocycles. The Morgan fingerprint density at radius 1 is 1.22 bits per heavy atom. The average Bonchev–Trinajstić information content (AvgIpc) is 3.20. The number of ether oxygens (including phenoxy) is 1. The molecule has 0 saturated carbocycles. The minimum atomic E-state index is -1.05. The molecule has 0 bridgehead atoms. The normalized spacial score (nSPS) is 15.1. The second-order valence-corrected chi connectivity index (χ2v) is 6.48. The van der Waals surface area contributed by atoms with Gasteiger partial charge in [-0.15, -0.1) is 0 Å². The van der Waals surface area contributed by atoms with Gasteiger partial charge in [-0.25, -0.2) is 4.98 Å². The maximum atomic E-state index is 11.6. The van der Waals surface area contributed by atoms with Crippen molar-refractivity contribution in [1.82, 2.24) is 9.55 Å². The second-order valence-electron chi connectivity index (χ2n) is 6.48. The van der Waals surface area contributed by atoms with E-state index in [9.17, 15) is 9.90 Å². The Hall–Kier alpha value is -3.32. The van der Waals surface area contributed by atoms with Gasteiger partial charge in [0.1, 0.15) is 5.75 Å². The molecular formula is C20H20N4O3. The van der Waals surface area contributed by atoms with Gasteiger partial charge in [0, 0.05) is 6.42 Å². The van der Waals surface area contributed by atoms with E-state index in [-0.39, 0.29) is 6.42 Å². The number of aromatic nitrogens is 2. The van der Waals surface area contributed by atoms with E-state index in [2.05, 4.69) is 10.3 Å². The lowest BCUT2D eigenvalue weighted by atomic mass is 10.1. The summed E-state index contributed by atoms with van der Waals surface area (Å²) in [6, 6.07) is 15.6. The summed E-state index contributed by atoms with van der Waals surface area (Å²) in [5.41, 5.74) is 9.89. The van der Waals surface area contributed by atoms with Crippen molar-refractivity contribution in [1.29, 1.82) is 0 Å². The Bertz CT molecular complexity index is 969. The maximum absolute atomic E-state index is 11.6. The Labute approximate surface area is 156 Å². The highest BCUT2D eigenvalue weighted by atomic mass is 16.6. The van der Waals surface area contributed by atoms with Gasteiger partial charge in [-0.05, 0) is 17.2 Å². The highest BCUT2D eigenvalue weighted by molar-refractivity contribution is 5.76. The maximum Gasteiger partial charge on any atom is 0.279 e. The lowest BCUT2D eigenvalue weighted by Gasteiger charge is -2.12. The zero-order valence-electron chi connectivity index (χ0n) is 14.6. The number of fused-ring (bicyclic) bond motifs is 1. The third kappa shape index (κ3) is 3.63. The largest absolute Gasteiger partial charge is 0.445 e. The Kier molecular flexibility index (Phi) is 4.52. The minimum Gasteiger partial charge on any atom is -0.445 e. The monoisotopic (exact) mass is 364 g/mol. The van der Waals surface area contributed by atoms with Crippen LogP contribution >= 0.6 is 0 Å². The summed E-state index contributed by atoms with van der Waals surface area (Å²) in [6.07, 6.45) is 1.41. The van der Waals surface area contributed by atoms with E-state index < -0.39 is 12.3 Å². The van der Waals surface area contributed by atoms with Gasteiger partial charge in [0.05, 0.1) is 36.4 Å². The fourth-order valence-corrected chi connectivity index (χ4v) is 3.32. The van der Waals surface area contributed by atoms with Crippen molar-refractivity contribution in [2.45, 2.75) is 25.8 Å². The molecule has 1 amide bonds. The van der Waals surface area contributed by atoms with E-state index >= 15 is 0 Å². The highest BCUT2D eigenvalue weighted by Gasteiger charge is 2.23. The van der Waals surface area contributed by atoms with Crippen LogP contribution in [0.25, 0.3) is 0 Å². The number of imidazole rings is 1. The minimum absolute atomic E-state index is 0.115. The van der Waals surface area contributed by atoms with E-state index in [1.807, 2.05) is 47.0 Å². The predicted octanol–water partition coefficient (Wildman–Crippen LogP) is 1.63. The van der Waals surface area contributed by atoms with Gasteiger partial charge in [0.15, 0.2) is 0 Å².